The molecule has 0 amide bonds. The van der Waals surface area contributed by atoms with Gasteiger partial charge in [0.25, 0.3) is 0 Å². The van der Waals surface area contributed by atoms with Crippen LogP contribution in [0.3, 0.4) is 0 Å². The Morgan fingerprint density at radius 3 is 2.40 bits per heavy atom. The zero-order chi connectivity index (χ0) is 16.2. The van der Waals surface area contributed by atoms with Gasteiger partial charge in [-0.1, -0.05) is 78.0 Å². The Morgan fingerprint density at radius 2 is 1.56 bits per heavy atom. The second-order valence-corrected chi connectivity index (χ2v) is 6.46. The molecule has 2 nitrogen and oxygen atoms in total. The van der Waals surface area contributed by atoms with E-state index in [2.05, 4.69) is 78.0 Å². The van der Waals surface area contributed by atoms with E-state index in [0.717, 1.165) is 25.7 Å². The van der Waals surface area contributed by atoms with Crippen LogP contribution in [0.5, 0.6) is 0 Å². The third-order valence-electron chi connectivity index (χ3n) is 4.62. The Morgan fingerprint density at radius 1 is 0.800 bits per heavy atom. The number of aryl methyl sites for hydroxylation is 1. The number of oxime groups is 1. The number of halogens is 1. The van der Waals surface area contributed by atoms with Crippen molar-refractivity contribution in [1.29, 1.82) is 0 Å². The van der Waals surface area contributed by atoms with Crippen LogP contribution >= 0.6 is 12.4 Å². The summed E-state index contributed by atoms with van der Waals surface area (Å²) in [5.41, 5.74) is 3.86. The van der Waals surface area contributed by atoms with Gasteiger partial charge in [-0.15, -0.1) is 12.4 Å². The van der Waals surface area contributed by atoms with Crippen molar-refractivity contribution in [3.05, 3.63) is 83.9 Å². The fourth-order valence-corrected chi connectivity index (χ4v) is 3.31. The molecule has 0 bridgehead atoms. The topological polar surface area (TPSA) is 21.6 Å². The minimum absolute atomic E-state index is 0. The van der Waals surface area contributed by atoms with Crippen LogP contribution in [-0.4, -0.2) is 11.8 Å². The van der Waals surface area contributed by atoms with Crippen LogP contribution in [0.4, 0.5) is 0 Å². The van der Waals surface area contributed by atoms with Crippen molar-refractivity contribution in [3.8, 4) is 0 Å². The molecule has 0 spiro atoms. The molecule has 3 aromatic rings. The minimum atomic E-state index is 0. The molecule has 128 valence electrons. The molecule has 1 aliphatic heterocycles. The summed E-state index contributed by atoms with van der Waals surface area (Å²) in [5, 5.41) is 6.88. The number of benzene rings is 3. The third-order valence-corrected chi connectivity index (χ3v) is 4.62. The first-order chi connectivity index (χ1) is 11.9. The second-order valence-electron chi connectivity index (χ2n) is 6.46. The molecule has 0 N–H and O–H groups in total. The number of rotatable bonds is 5. The van der Waals surface area contributed by atoms with E-state index in [4.69, 9.17) is 4.84 Å². The molecule has 1 unspecified atom stereocenters. The van der Waals surface area contributed by atoms with E-state index in [-0.39, 0.29) is 18.5 Å². The lowest BCUT2D eigenvalue weighted by Gasteiger charge is -2.09. The fraction of sp³-hybridized carbons (Fsp3) is 0.227. The van der Waals surface area contributed by atoms with Crippen molar-refractivity contribution in [3.63, 3.8) is 0 Å². The minimum Gasteiger partial charge on any atom is -0.392 e. The smallest absolute Gasteiger partial charge is 0.136 e. The fourth-order valence-electron chi connectivity index (χ4n) is 3.31. The maximum absolute atomic E-state index is 5.66. The van der Waals surface area contributed by atoms with E-state index in [9.17, 15) is 0 Å². The number of hydrogen-bond donors (Lipinski definition) is 0. The summed E-state index contributed by atoms with van der Waals surface area (Å²) >= 11 is 0. The number of nitrogens with zero attached hydrogens (tertiary/aromatic N) is 1. The Bertz CT molecular complexity index is 860. The molecule has 1 heterocycles. The summed E-state index contributed by atoms with van der Waals surface area (Å²) in [4.78, 5) is 5.66. The highest BCUT2D eigenvalue weighted by Gasteiger charge is 2.21. The van der Waals surface area contributed by atoms with Gasteiger partial charge in [0.2, 0.25) is 0 Å². The molecule has 3 heteroatoms. The first-order valence-electron chi connectivity index (χ1n) is 8.60. The molecule has 25 heavy (non-hydrogen) atoms. The Hall–Kier alpha value is -2.32. The highest BCUT2D eigenvalue weighted by molar-refractivity contribution is 5.86. The van der Waals surface area contributed by atoms with Crippen molar-refractivity contribution in [2.24, 2.45) is 5.16 Å². The van der Waals surface area contributed by atoms with Gasteiger partial charge in [-0.3, -0.25) is 0 Å². The van der Waals surface area contributed by atoms with Gasteiger partial charge in [0.15, 0.2) is 0 Å². The molecule has 0 aromatic heterocycles. The van der Waals surface area contributed by atoms with Gasteiger partial charge in [0.1, 0.15) is 6.10 Å². The van der Waals surface area contributed by atoms with Crippen LogP contribution in [-0.2, 0) is 17.7 Å². The third kappa shape index (κ3) is 4.40. The van der Waals surface area contributed by atoms with Gasteiger partial charge in [0, 0.05) is 12.8 Å². The van der Waals surface area contributed by atoms with Crippen molar-refractivity contribution in [2.45, 2.75) is 31.8 Å². The van der Waals surface area contributed by atoms with E-state index in [0.29, 0.717) is 0 Å². The standard InChI is InChI=1S/C22H21NO.ClH/c1-2-6-17(7-3-1)11-13-21-16-22(24-23-21)15-18-10-12-19-8-4-5-9-20(19)14-18;/h1-10,12,14,22H,11,13,15-16H2;1H. The van der Waals surface area contributed by atoms with Crippen LogP contribution < -0.4 is 0 Å². The monoisotopic (exact) mass is 351 g/mol. The maximum Gasteiger partial charge on any atom is 0.136 e. The summed E-state index contributed by atoms with van der Waals surface area (Å²) in [6.45, 7) is 0. The molecule has 0 saturated carbocycles. The summed E-state index contributed by atoms with van der Waals surface area (Å²) < 4.78 is 0. The molecule has 1 aliphatic rings. The largest absolute Gasteiger partial charge is 0.392 e. The quantitative estimate of drug-likeness (QED) is 0.587. The molecular weight excluding hydrogens is 330 g/mol. The Balaban J connectivity index is 0.00000182. The molecule has 0 fully saturated rings. The van der Waals surface area contributed by atoms with Crippen LogP contribution in [0.2, 0.25) is 0 Å². The van der Waals surface area contributed by atoms with Crippen LogP contribution in [0.1, 0.15) is 24.0 Å². The van der Waals surface area contributed by atoms with Gasteiger partial charge < -0.3 is 4.84 Å². The van der Waals surface area contributed by atoms with Crippen LogP contribution in [0.25, 0.3) is 10.8 Å². The lowest BCUT2D eigenvalue weighted by molar-refractivity contribution is 0.0859. The highest BCUT2D eigenvalue weighted by Crippen LogP contribution is 2.21. The first-order valence-corrected chi connectivity index (χ1v) is 8.60. The van der Waals surface area contributed by atoms with E-state index < -0.39 is 0 Å². The second kappa shape index (κ2) is 8.17. The molecular formula is C22H22ClNO. The first kappa shape index (κ1) is 17.5. The van der Waals surface area contributed by atoms with E-state index >= 15 is 0 Å². The SMILES string of the molecule is Cl.c1ccc(CCC2=NOC(Cc3ccc4ccccc4c3)C2)cc1. The summed E-state index contributed by atoms with van der Waals surface area (Å²) in [7, 11) is 0. The van der Waals surface area contributed by atoms with Gasteiger partial charge in [-0.2, -0.15) is 0 Å². The predicted molar refractivity (Wildman–Crippen MR) is 107 cm³/mol. The molecule has 4 rings (SSSR count). The molecule has 3 aromatic carbocycles. The van der Waals surface area contributed by atoms with Gasteiger partial charge >= 0.3 is 0 Å². The van der Waals surface area contributed by atoms with Gasteiger partial charge in [0.05, 0.1) is 5.71 Å². The predicted octanol–water partition coefficient (Wildman–Crippen LogP) is 5.58. The lowest BCUT2D eigenvalue weighted by Crippen LogP contribution is -2.11. The molecule has 0 aliphatic carbocycles. The Labute approximate surface area is 154 Å². The summed E-state index contributed by atoms with van der Waals surface area (Å²) in [6.07, 6.45) is 4.06. The zero-order valence-electron chi connectivity index (χ0n) is 14.1. The van der Waals surface area contributed by atoms with Crippen LogP contribution in [0, 0.1) is 0 Å². The van der Waals surface area contributed by atoms with Crippen molar-refractivity contribution >= 4 is 28.9 Å². The van der Waals surface area contributed by atoms with Gasteiger partial charge in [-0.05, 0) is 34.7 Å². The molecule has 0 radical (unpaired) electrons. The Kier molecular flexibility index (Phi) is 5.72. The van der Waals surface area contributed by atoms with E-state index in [1.54, 1.807) is 0 Å². The summed E-state index contributed by atoms with van der Waals surface area (Å²) in [5.74, 6) is 0. The molecule has 1 atom stereocenters. The molecule has 0 saturated heterocycles. The average Bonchev–Trinajstić information content (AvgIpc) is 3.08. The summed E-state index contributed by atoms with van der Waals surface area (Å²) in [6, 6.07) is 25.7. The maximum atomic E-state index is 5.66. The van der Waals surface area contributed by atoms with E-state index in [1.165, 1.54) is 27.6 Å². The van der Waals surface area contributed by atoms with Crippen molar-refractivity contribution < 1.29 is 4.84 Å². The lowest BCUT2D eigenvalue weighted by atomic mass is 9.99. The average molecular weight is 352 g/mol. The highest BCUT2D eigenvalue weighted by atomic mass is 35.5. The number of fused-ring (bicyclic) bond motifs is 1. The number of hydrogen-bond acceptors (Lipinski definition) is 2. The normalized spacial score (nSPS) is 16.2. The van der Waals surface area contributed by atoms with Crippen LogP contribution in [0.15, 0.2) is 78.0 Å². The van der Waals surface area contributed by atoms with Crippen molar-refractivity contribution in [1.82, 2.24) is 0 Å². The van der Waals surface area contributed by atoms with Crippen molar-refractivity contribution in [2.75, 3.05) is 0 Å². The van der Waals surface area contributed by atoms with Gasteiger partial charge in [-0.25, -0.2) is 0 Å². The zero-order valence-corrected chi connectivity index (χ0v) is 14.9. The van der Waals surface area contributed by atoms with E-state index in [1.807, 2.05) is 0 Å².